The van der Waals surface area contributed by atoms with Crippen LogP contribution in [0.4, 0.5) is 0 Å². The quantitative estimate of drug-likeness (QED) is 0.0515. The van der Waals surface area contributed by atoms with E-state index in [0.29, 0.717) is 23.4 Å². The predicted octanol–water partition coefficient (Wildman–Crippen LogP) is 18.2. The number of ether oxygens (including phenoxy) is 2. The standard InChI is InChI=1S/C18H20N2OS.C14H23NO2.C14H23NOS.C10H15NOS.C7H4ClNO/c1-3-4-11-20-13(2)9-10-14(18(20)22)12-17-19-15-7-5-6-8-16(15)21-17;1-4-6-10-15-12(3)8-9-13(14(15)16)17-11-7-5-2;1-4-6-10-15-12(3)8-9-13(14(15)17)16-11-7-5-2;1-3-4-7-11-8(2)5-6-9(12)10(11)13;8-7-9-5-3-1-2-4-6(5)10-7/h5-10H,3-4,11-12H2,1-2H3;2*8-9H,4-7,10-11H2,1-3H3;5-6,12H,3-4,7H2,1-2H3;1-4H. The van der Waals surface area contributed by atoms with Gasteiger partial charge in [0.1, 0.15) is 30.7 Å². The van der Waals surface area contributed by atoms with Crippen molar-refractivity contribution in [1.29, 1.82) is 0 Å². The Bertz CT molecular complexity index is 3200. The molecular formula is C63H85ClN6O6S3. The lowest BCUT2D eigenvalue weighted by molar-refractivity contribution is 0.302. The van der Waals surface area contributed by atoms with E-state index in [2.05, 4.69) is 92.7 Å². The minimum absolute atomic E-state index is 0.00885. The van der Waals surface area contributed by atoms with Gasteiger partial charge in [-0.2, -0.15) is 4.98 Å². The zero-order chi connectivity index (χ0) is 57.7. The van der Waals surface area contributed by atoms with Crippen LogP contribution in [0.5, 0.6) is 17.2 Å². The van der Waals surface area contributed by atoms with E-state index in [4.69, 9.17) is 66.6 Å². The number of para-hydroxylation sites is 4. The molecule has 0 spiro atoms. The lowest BCUT2D eigenvalue weighted by Gasteiger charge is -2.14. The number of hydrogen-bond acceptors (Lipinski definition) is 11. The number of benzene rings is 2. The molecule has 8 aromatic rings. The van der Waals surface area contributed by atoms with E-state index < -0.39 is 0 Å². The first-order chi connectivity index (χ1) is 38.1. The molecule has 0 aliphatic heterocycles. The van der Waals surface area contributed by atoms with Crippen LogP contribution in [0, 0.1) is 41.6 Å². The monoisotopic (exact) mass is 1150 g/mol. The van der Waals surface area contributed by atoms with Gasteiger partial charge in [0.25, 0.3) is 10.9 Å². The molecule has 6 aromatic heterocycles. The van der Waals surface area contributed by atoms with Crippen molar-refractivity contribution in [1.82, 2.24) is 28.2 Å². The Kier molecular flexibility index (Phi) is 29.7. The first-order valence-corrected chi connectivity index (χ1v) is 29.8. The predicted molar refractivity (Wildman–Crippen MR) is 333 cm³/mol. The van der Waals surface area contributed by atoms with Gasteiger partial charge in [0.15, 0.2) is 28.6 Å². The van der Waals surface area contributed by atoms with Gasteiger partial charge in [-0.15, -0.1) is 0 Å². The molecule has 0 aliphatic carbocycles. The number of halogens is 1. The molecule has 1 N–H and O–H groups in total. The third-order valence-corrected chi connectivity index (χ3v) is 14.5. The fourth-order valence-electron chi connectivity index (χ4n) is 8.06. The third kappa shape index (κ3) is 20.9. The number of oxazole rings is 2. The fraction of sp³-hybridized carbons (Fsp3) is 0.460. The van der Waals surface area contributed by atoms with Crippen molar-refractivity contribution in [2.45, 2.75) is 179 Å². The van der Waals surface area contributed by atoms with Crippen molar-refractivity contribution >= 4 is 70.5 Å². The number of hydrogen-bond donors (Lipinski definition) is 1. The second-order valence-electron chi connectivity index (χ2n) is 19.4. The van der Waals surface area contributed by atoms with E-state index in [0.717, 1.165) is 163 Å². The molecular weight excluding hydrogens is 1070 g/mol. The van der Waals surface area contributed by atoms with Crippen molar-refractivity contribution in [3.8, 4) is 17.2 Å². The molecule has 0 saturated heterocycles. The van der Waals surface area contributed by atoms with Gasteiger partial charge < -0.3 is 41.7 Å². The van der Waals surface area contributed by atoms with Crippen LogP contribution < -0.4 is 15.0 Å². The molecule has 0 saturated carbocycles. The Morgan fingerprint density at radius 1 is 0.494 bits per heavy atom. The van der Waals surface area contributed by atoms with Gasteiger partial charge in [-0.05, 0) is 150 Å². The number of nitrogens with zero attached hydrogens (tertiary/aromatic N) is 6. The summed E-state index contributed by atoms with van der Waals surface area (Å²) in [6.07, 6.45) is 13.9. The highest BCUT2D eigenvalue weighted by molar-refractivity contribution is 7.71. The van der Waals surface area contributed by atoms with Gasteiger partial charge in [-0.3, -0.25) is 4.79 Å². The molecule has 0 amide bonds. The van der Waals surface area contributed by atoms with E-state index in [1.165, 1.54) is 17.8 Å². The van der Waals surface area contributed by atoms with E-state index >= 15 is 0 Å². The number of unbranched alkanes of at least 4 members (excludes halogenated alkanes) is 6. The topological polar surface area (TPSA) is 128 Å². The molecule has 6 heterocycles. The number of aromatic nitrogens is 6. The molecule has 0 fully saturated rings. The Morgan fingerprint density at radius 2 is 0.911 bits per heavy atom. The van der Waals surface area contributed by atoms with Crippen molar-refractivity contribution in [2.75, 3.05) is 13.2 Å². The Balaban J connectivity index is 0.000000217. The minimum atomic E-state index is 0.00885. The number of aromatic hydroxyl groups is 1. The number of aryl methyl sites for hydroxylation is 4. The molecule has 0 unspecified atom stereocenters. The molecule has 0 aliphatic rings. The number of fused-ring (bicyclic) bond motifs is 2. The van der Waals surface area contributed by atoms with Crippen LogP contribution in [0.1, 0.15) is 153 Å². The van der Waals surface area contributed by atoms with Gasteiger partial charge in [0.2, 0.25) is 0 Å². The lowest BCUT2D eigenvalue weighted by Crippen LogP contribution is -2.24. The van der Waals surface area contributed by atoms with Crippen LogP contribution in [0.25, 0.3) is 22.2 Å². The van der Waals surface area contributed by atoms with E-state index in [-0.39, 0.29) is 16.7 Å². The Morgan fingerprint density at radius 3 is 1.43 bits per heavy atom. The summed E-state index contributed by atoms with van der Waals surface area (Å²) in [5, 5.41) is 9.59. The SMILES string of the molecule is CCCCOc1ccc(C)n(CCCC)c1=O.CCCCOc1ccc(C)n(CCCC)c1=S.CCCCn1c(C)ccc(Cc2nc3ccccc3o2)c1=S.CCCCn1c(C)ccc(O)c1=S.Clc1nc2ccccc2o1. The van der Waals surface area contributed by atoms with Crippen LogP contribution in [0.3, 0.4) is 0 Å². The van der Waals surface area contributed by atoms with Gasteiger partial charge in [0.05, 0.1) is 19.6 Å². The summed E-state index contributed by atoms with van der Waals surface area (Å²) in [6.45, 7) is 26.1. The second kappa shape index (κ2) is 35.7. The van der Waals surface area contributed by atoms with Crippen LogP contribution in [-0.2, 0) is 32.6 Å². The summed E-state index contributed by atoms with van der Waals surface area (Å²) in [5.41, 5.74) is 8.90. The normalized spacial score (nSPS) is 10.7. The maximum absolute atomic E-state index is 12.1. The average molecular weight is 1150 g/mol. The van der Waals surface area contributed by atoms with E-state index in [1.807, 2.05) is 89.7 Å². The third-order valence-electron chi connectivity index (χ3n) is 13.0. The van der Waals surface area contributed by atoms with Crippen molar-refractivity contribution in [3.05, 3.63) is 161 Å². The summed E-state index contributed by atoms with van der Waals surface area (Å²) >= 11 is 21.8. The molecule has 0 bridgehead atoms. The molecule has 0 atom stereocenters. The van der Waals surface area contributed by atoms with Gasteiger partial charge in [-0.25, -0.2) is 4.98 Å². The smallest absolute Gasteiger partial charge is 0.293 e. The second-order valence-corrected chi connectivity index (χ2v) is 20.9. The Labute approximate surface area is 489 Å². The minimum Gasteiger partial charge on any atom is -0.505 e. The summed E-state index contributed by atoms with van der Waals surface area (Å²) in [6, 6.07) is 30.9. The lowest BCUT2D eigenvalue weighted by atomic mass is 10.2. The van der Waals surface area contributed by atoms with E-state index in [1.54, 1.807) is 12.1 Å². The van der Waals surface area contributed by atoms with Crippen molar-refractivity contribution in [3.63, 3.8) is 0 Å². The average Bonchev–Trinajstić information content (AvgIpc) is 4.05. The first kappa shape index (κ1) is 65.6. The molecule has 2 aromatic carbocycles. The highest BCUT2D eigenvalue weighted by atomic mass is 35.5. The first-order valence-electron chi connectivity index (χ1n) is 28.2. The zero-order valence-electron chi connectivity index (χ0n) is 48.4. The highest BCUT2D eigenvalue weighted by Crippen LogP contribution is 2.21. The van der Waals surface area contributed by atoms with Crippen LogP contribution >= 0.6 is 48.3 Å². The maximum atomic E-state index is 12.1. The van der Waals surface area contributed by atoms with Gasteiger partial charge in [0, 0.05) is 49.0 Å². The molecule has 8 rings (SSSR count). The zero-order valence-corrected chi connectivity index (χ0v) is 51.7. The molecule has 79 heavy (non-hydrogen) atoms. The largest absolute Gasteiger partial charge is 0.505 e. The van der Waals surface area contributed by atoms with Crippen LogP contribution in [0.15, 0.2) is 111 Å². The fourth-order valence-corrected chi connectivity index (χ4v) is 9.28. The van der Waals surface area contributed by atoms with Crippen LogP contribution in [-0.4, -0.2) is 46.6 Å². The summed E-state index contributed by atoms with van der Waals surface area (Å²) < 4.78 is 32.6. The molecule has 12 nitrogen and oxygen atoms in total. The number of pyridine rings is 4. The Hall–Kier alpha value is -5.87. The van der Waals surface area contributed by atoms with Crippen molar-refractivity contribution in [2.24, 2.45) is 0 Å². The summed E-state index contributed by atoms with van der Waals surface area (Å²) in [7, 11) is 0. The maximum Gasteiger partial charge on any atom is 0.293 e. The molecule has 428 valence electrons. The summed E-state index contributed by atoms with van der Waals surface area (Å²) in [5.74, 6) is 2.27. The van der Waals surface area contributed by atoms with E-state index in [9.17, 15) is 9.90 Å². The van der Waals surface area contributed by atoms with Crippen LogP contribution in [0.2, 0.25) is 5.35 Å². The highest BCUT2D eigenvalue weighted by Gasteiger charge is 2.11. The van der Waals surface area contributed by atoms with Gasteiger partial charge >= 0.3 is 0 Å². The molecule has 16 heteroatoms. The van der Waals surface area contributed by atoms with Crippen molar-refractivity contribution < 1.29 is 23.4 Å². The molecule has 0 radical (unpaired) electrons. The number of rotatable bonds is 22. The van der Waals surface area contributed by atoms with Gasteiger partial charge in [-0.1, -0.05) is 147 Å². The summed E-state index contributed by atoms with van der Waals surface area (Å²) in [4.78, 5) is 20.6.